The minimum atomic E-state index is -0.641. The fourth-order valence-corrected chi connectivity index (χ4v) is 4.85. The fourth-order valence-electron chi connectivity index (χ4n) is 4.85. The van der Waals surface area contributed by atoms with E-state index in [1.165, 1.54) is 17.0 Å². The van der Waals surface area contributed by atoms with Crippen molar-refractivity contribution < 1.29 is 23.5 Å². The van der Waals surface area contributed by atoms with Crippen molar-refractivity contribution >= 4 is 17.9 Å². The molecular weight excluding hydrogens is 487 g/mol. The Labute approximate surface area is 223 Å². The maximum absolute atomic E-state index is 14.1. The van der Waals surface area contributed by atoms with E-state index in [4.69, 9.17) is 4.74 Å². The van der Waals surface area contributed by atoms with Crippen LogP contribution in [0.1, 0.15) is 54.2 Å². The molecule has 0 bridgehead atoms. The molecular formula is C29H35FN4O4. The lowest BCUT2D eigenvalue weighted by Gasteiger charge is -2.39. The normalized spacial score (nSPS) is 18.6. The van der Waals surface area contributed by atoms with Gasteiger partial charge in [-0.2, -0.15) is 0 Å². The third-order valence-electron chi connectivity index (χ3n) is 7.15. The van der Waals surface area contributed by atoms with Crippen LogP contribution < -0.4 is 5.32 Å². The number of hydrogen-bond acceptors (Lipinski definition) is 5. The predicted octanol–water partition coefficient (Wildman–Crippen LogP) is 3.92. The van der Waals surface area contributed by atoms with Gasteiger partial charge < -0.3 is 15.0 Å². The van der Waals surface area contributed by atoms with Crippen LogP contribution in [0.4, 0.5) is 9.18 Å². The number of rotatable bonds is 7. The van der Waals surface area contributed by atoms with E-state index < -0.39 is 17.8 Å². The van der Waals surface area contributed by atoms with E-state index in [1.54, 1.807) is 31.0 Å². The molecule has 4 rings (SSSR count). The highest BCUT2D eigenvalue weighted by atomic mass is 19.1. The Kier molecular flexibility index (Phi) is 8.46. The molecule has 1 N–H and O–H groups in total. The largest absolute Gasteiger partial charge is 0.463 e. The summed E-state index contributed by atoms with van der Waals surface area (Å²) in [6.07, 6.45) is 0. The van der Waals surface area contributed by atoms with E-state index in [0.29, 0.717) is 49.9 Å². The van der Waals surface area contributed by atoms with Crippen LogP contribution in [0.25, 0.3) is 0 Å². The molecule has 0 aromatic heterocycles. The van der Waals surface area contributed by atoms with Gasteiger partial charge in [0, 0.05) is 45.5 Å². The van der Waals surface area contributed by atoms with Gasteiger partial charge in [-0.25, -0.2) is 14.0 Å². The molecule has 2 heterocycles. The van der Waals surface area contributed by atoms with E-state index >= 15 is 0 Å². The Hall–Kier alpha value is -3.72. The molecule has 2 aliphatic heterocycles. The molecule has 2 aromatic rings. The molecule has 2 aromatic carbocycles. The average molecular weight is 523 g/mol. The quantitative estimate of drug-likeness (QED) is 0.558. The second-order valence-electron chi connectivity index (χ2n) is 9.89. The first-order chi connectivity index (χ1) is 18.2. The molecule has 0 spiro atoms. The van der Waals surface area contributed by atoms with E-state index in [1.807, 2.05) is 24.3 Å². The number of amides is 3. The van der Waals surface area contributed by atoms with Crippen LogP contribution in [-0.4, -0.2) is 79.0 Å². The number of halogens is 1. The number of benzene rings is 2. The molecule has 2 aliphatic rings. The van der Waals surface area contributed by atoms with Gasteiger partial charge in [0.05, 0.1) is 23.8 Å². The lowest BCUT2D eigenvalue weighted by atomic mass is 9.92. The topological polar surface area (TPSA) is 82.2 Å². The average Bonchev–Trinajstić information content (AvgIpc) is 2.91. The van der Waals surface area contributed by atoms with E-state index in [0.717, 1.165) is 11.1 Å². The minimum Gasteiger partial charge on any atom is -0.463 e. The summed E-state index contributed by atoms with van der Waals surface area (Å²) in [4.78, 5) is 44.2. The van der Waals surface area contributed by atoms with Crippen molar-refractivity contribution in [3.63, 3.8) is 0 Å². The van der Waals surface area contributed by atoms with Crippen molar-refractivity contribution in [3.8, 4) is 0 Å². The predicted molar refractivity (Wildman–Crippen MR) is 142 cm³/mol. The molecule has 1 fully saturated rings. The van der Waals surface area contributed by atoms with Crippen molar-refractivity contribution in [2.75, 3.05) is 46.4 Å². The van der Waals surface area contributed by atoms with Crippen LogP contribution in [0.5, 0.6) is 0 Å². The highest BCUT2D eigenvalue weighted by Gasteiger charge is 2.38. The zero-order chi connectivity index (χ0) is 27.4. The molecule has 0 aliphatic carbocycles. The zero-order valence-corrected chi connectivity index (χ0v) is 22.4. The Morgan fingerprint density at radius 2 is 1.71 bits per heavy atom. The SMILES string of the molecule is CCOC(=O)C1=C(CN2CCN(C(=O)c3ccccc3F)CC2)N(C)C(=O)NC1c1ccc(C(C)C)cc1. The maximum Gasteiger partial charge on any atom is 0.338 e. The van der Waals surface area contributed by atoms with Gasteiger partial charge in [-0.3, -0.25) is 14.6 Å². The maximum atomic E-state index is 14.1. The number of urea groups is 1. The Bertz CT molecular complexity index is 1220. The minimum absolute atomic E-state index is 0.0586. The molecule has 9 heteroatoms. The molecule has 8 nitrogen and oxygen atoms in total. The first kappa shape index (κ1) is 27.3. The van der Waals surface area contributed by atoms with Crippen molar-refractivity contribution in [2.45, 2.75) is 32.7 Å². The van der Waals surface area contributed by atoms with Gasteiger partial charge in [-0.1, -0.05) is 50.2 Å². The van der Waals surface area contributed by atoms with Crippen LogP contribution in [0.15, 0.2) is 59.8 Å². The monoisotopic (exact) mass is 522 g/mol. The summed E-state index contributed by atoms with van der Waals surface area (Å²) in [6, 6.07) is 12.9. The van der Waals surface area contributed by atoms with Gasteiger partial charge in [0.15, 0.2) is 0 Å². The Morgan fingerprint density at radius 1 is 1.05 bits per heavy atom. The van der Waals surface area contributed by atoms with Crippen LogP contribution in [-0.2, 0) is 9.53 Å². The second-order valence-corrected chi connectivity index (χ2v) is 9.89. The summed E-state index contributed by atoms with van der Waals surface area (Å²) in [5.74, 6) is -0.990. The molecule has 3 amide bonds. The Morgan fingerprint density at radius 3 is 2.32 bits per heavy atom. The molecule has 0 radical (unpaired) electrons. The first-order valence-corrected chi connectivity index (χ1v) is 13.0. The van der Waals surface area contributed by atoms with Crippen LogP contribution >= 0.6 is 0 Å². The second kappa shape index (κ2) is 11.8. The highest BCUT2D eigenvalue weighted by molar-refractivity contribution is 5.95. The third kappa shape index (κ3) is 5.72. The number of nitrogens with zero attached hydrogens (tertiary/aromatic N) is 3. The standard InChI is InChI=1S/C29H35FN4O4/c1-5-38-28(36)25-24(32(4)29(37)31-26(25)21-12-10-20(11-13-21)19(2)3)18-33-14-16-34(17-15-33)27(35)22-8-6-7-9-23(22)30/h6-13,19,26H,5,14-18H2,1-4H3,(H,31,37). The zero-order valence-electron chi connectivity index (χ0n) is 22.4. The summed E-state index contributed by atoms with van der Waals surface area (Å²) in [6.45, 7) is 8.36. The summed E-state index contributed by atoms with van der Waals surface area (Å²) < 4.78 is 19.6. The molecule has 0 saturated carbocycles. The van der Waals surface area contributed by atoms with E-state index in [9.17, 15) is 18.8 Å². The number of nitrogens with one attached hydrogen (secondary N) is 1. The Balaban J connectivity index is 1.57. The number of hydrogen-bond donors (Lipinski definition) is 1. The lowest BCUT2D eigenvalue weighted by Crippen LogP contribution is -2.53. The van der Waals surface area contributed by atoms with Crippen molar-refractivity contribution in [3.05, 3.63) is 82.3 Å². The van der Waals surface area contributed by atoms with Crippen molar-refractivity contribution in [1.29, 1.82) is 0 Å². The number of ether oxygens (including phenoxy) is 1. The van der Waals surface area contributed by atoms with Crippen molar-refractivity contribution in [1.82, 2.24) is 20.0 Å². The number of carbonyl (C=O) groups excluding carboxylic acids is 3. The van der Waals surface area contributed by atoms with Gasteiger partial charge in [0.1, 0.15) is 5.82 Å². The molecule has 1 saturated heterocycles. The van der Waals surface area contributed by atoms with E-state index in [-0.39, 0.29) is 24.1 Å². The van der Waals surface area contributed by atoms with Gasteiger partial charge in [-0.15, -0.1) is 0 Å². The third-order valence-corrected chi connectivity index (χ3v) is 7.15. The molecule has 1 unspecified atom stereocenters. The van der Waals surface area contributed by atoms with Crippen LogP contribution in [0.3, 0.4) is 0 Å². The molecule has 1 atom stereocenters. The smallest absolute Gasteiger partial charge is 0.338 e. The number of piperazine rings is 1. The molecule has 38 heavy (non-hydrogen) atoms. The summed E-state index contributed by atoms with van der Waals surface area (Å²) in [7, 11) is 1.64. The van der Waals surface area contributed by atoms with Gasteiger partial charge in [0.2, 0.25) is 0 Å². The summed E-state index contributed by atoms with van der Waals surface area (Å²) >= 11 is 0. The van der Waals surface area contributed by atoms with E-state index in [2.05, 4.69) is 24.1 Å². The number of esters is 1. The van der Waals surface area contributed by atoms with Crippen LogP contribution in [0.2, 0.25) is 0 Å². The highest BCUT2D eigenvalue weighted by Crippen LogP contribution is 2.32. The fraction of sp³-hybridized carbons (Fsp3) is 0.414. The van der Waals surface area contributed by atoms with Gasteiger partial charge in [-0.05, 0) is 36.1 Å². The molecule has 202 valence electrons. The summed E-state index contributed by atoms with van der Waals surface area (Å²) in [5, 5.41) is 2.95. The van der Waals surface area contributed by atoms with Crippen molar-refractivity contribution in [2.24, 2.45) is 0 Å². The number of carbonyl (C=O) groups is 3. The summed E-state index contributed by atoms with van der Waals surface area (Å²) in [5.41, 5.74) is 2.99. The lowest BCUT2D eigenvalue weighted by molar-refractivity contribution is -0.139. The number of likely N-dealkylation sites (N-methyl/N-ethyl adjacent to an activating group) is 1. The first-order valence-electron chi connectivity index (χ1n) is 13.0. The van der Waals surface area contributed by atoms with Gasteiger partial charge >= 0.3 is 12.0 Å². The van der Waals surface area contributed by atoms with Crippen LogP contribution in [0, 0.1) is 5.82 Å². The van der Waals surface area contributed by atoms with Gasteiger partial charge in [0.25, 0.3) is 5.91 Å².